The Balaban J connectivity index is 1.97. The first-order chi connectivity index (χ1) is 11.1. The van der Waals surface area contributed by atoms with Crippen LogP contribution in [0, 0.1) is 5.82 Å². The molecule has 0 amide bonds. The molecule has 1 aromatic heterocycles. The van der Waals surface area contributed by atoms with E-state index in [-0.39, 0.29) is 22.9 Å². The Kier molecular flexibility index (Phi) is 4.14. The van der Waals surface area contributed by atoms with Crippen molar-refractivity contribution in [2.45, 2.75) is 18.8 Å². The molecule has 1 aromatic carbocycles. The van der Waals surface area contributed by atoms with Crippen molar-refractivity contribution in [3.63, 3.8) is 0 Å². The number of halogens is 1. The zero-order valence-corrected chi connectivity index (χ0v) is 12.8. The summed E-state index contributed by atoms with van der Waals surface area (Å²) in [6.07, 6.45) is 3.87. The number of benzene rings is 1. The van der Waals surface area contributed by atoms with Crippen LogP contribution >= 0.6 is 0 Å². The van der Waals surface area contributed by atoms with Crippen LogP contribution < -0.4 is 9.47 Å². The summed E-state index contributed by atoms with van der Waals surface area (Å²) in [6.45, 7) is 0. The van der Waals surface area contributed by atoms with Crippen molar-refractivity contribution in [3.8, 4) is 17.4 Å². The van der Waals surface area contributed by atoms with E-state index in [0.717, 1.165) is 18.4 Å². The van der Waals surface area contributed by atoms with Crippen LogP contribution in [0.2, 0.25) is 0 Å². The van der Waals surface area contributed by atoms with Gasteiger partial charge in [-0.05, 0) is 42.5 Å². The topological polar surface area (TPSA) is 57.7 Å². The summed E-state index contributed by atoms with van der Waals surface area (Å²) in [5.74, 6) is 0.0570. The first kappa shape index (κ1) is 15.3. The van der Waals surface area contributed by atoms with Gasteiger partial charge >= 0.3 is 5.97 Å². The number of hydrogen-bond donors (Lipinski definition) is 0. The van der Waals surface area contributed by atoms with Crippen molar-refractivity contribution in [3.05, 3.63) is 47.4 Å². The van der Waals surface area contributed by atoms with Crippen LogP contribution in [-0.2, 0) is 4.74 Å². The van der Waals surface area contributed by atoms with Crippen molar-refractivity contribution in [1.82, 2.24) is 4.98 Å². The number of esters is 1. The molecule has 1 aliphatic carbocycles. The minimum Gasteiger partial charge on any atom is -0.493 e. The molecule has 3 rings (SSSR count). The Morgan fingerprint density at radius 2 is 2.00 bits per heavy atom. The molecule has 120 valence electrons. The Hall–Kier alpha value is -2.63. The van der Waals surface area contributed by atoms with Crippen LogP contribution in [0.25, 0.3) is 0 Å². The summed E-state index contributed by atoms with van der Waals surface area (Å²) >= 11 is 0. The van der Waals surface area contributed by atoms with Crippen LogP contribution in [-0.4, -0.2) is 25.2 Å². The fraction of sp³-hybridized carbons (Fsp3) is 0.294. The molecular formula is C17H16FNO4. The molecule has 0 spiro atoms. The van der Waals surface area contributed by atoms with Gasteiger partial charge in [-0.1, -0.05) is 0 Å². The first-order valence-corrected chi connectivity index (χ1v) is 7.22. The highest BCUT2D eigenvalue weighted by atomic mass is 19.1. The predicted molar refractivity (Wildman–Crippen MR) is 80.6 cm³/mol. The van der Waals surface area contributed by atoms with E-state index in [0.29, 0.717) is 5.92 Å². The maximum absolute atomic E-state index is 13.3. The fourth-order valence-corrected chi connectivity index (χ4v) is 2.28. The number of nitrogens with zero attached hydrogens (tertiary/aromatic N) is 1. The van der Waals surface area contributed by atoms with Gasteiger partial charge in [-0.3, -0.25) is 0 Å². The van der Waals surface area contributed by atoms with Gasteiger partial charge in [-0.25, -0.2) is 14.2 Å². The van der Waals surface area contributed by atoms with E-state index in [1.807, 2.05) is 0 Å². The van der Waals surface area contributed by atoms with Crippen LogP contribution in [0.1, 0.15) is 34.7 Å². The van der Waals surface area contributed by atoms with E-state index in [1.165, 1.54) is 32.4 Å². The van der Waals surface area contributed by atoms with Crippen LogP contribution in [0.5, 0.6) is 17.4 Å². The van der Waals surface area contributed by atoms with E-state index in [4.69, 9.17) is 14.2 Å². The van der Waals surface area contributed by atoms with E-state index < -0.39 is 11.8 Å². The number of aromatic nitrogens is 1. The smallest absolute Gasteiger partial charge is 0.343 e. The molecule has 1 aliphatic rings. The van der Waals surface area contributed by atoms with Crippen LogP contribution in [0.3, 0.4) is 0 Å². The quantitative estimate of drug-likeness (QED) is 0.787. The number of methoxy groups -OCH3 is 2. The van der Waals surface area contributed by atoms with Gasteiger partial charge in [0.25, 0.3) is 0 Å². The fourth-order valence-electron chi connectivity index (χ4n) is 2.28. The molecule has 0 saturated heterocycles. The van der Waals surface area contributed by atoms with E-state index >= 15 is 0 Å². The predicted octanol–water partition coefficient (Wildman–Crippen LogP) is 3.69. The largest absolute Gasteiger partial charge is 0.493 e. The summed E-state index contributed by atoms with van der Waals surface area (Å²) in [5, 5.41) is 0. The second-order valence-corrected chi connectivity index (χ2v) is 5.28. The molecule has 0 unspecified atom stereocenters. The van der Waals surface area contributed by atoms with Gasteiger partial charge in [0.1, 0.15) is 11.4 Å². The maximum Gasteiger partial charge on any atom is 0.343 e. The number of carbonyl (C=O) groups excluding carboxylic acids is 1. The summed E-state index contributed by atoms with van der Waals surface area (Å²) in [7, 11) is 2.71. The van der Waals surface area contributed by atoms with Gasteiger partial charge < -0.3 is 14.2 Å². The van der Waals surface area contributed by atoms with E-state index in [1.54, 1.807) is 12.3 Å². The monoisotopic (exact) mass is 317 g/mol. The molecule has 0 N–H and O–H groups in total. The molecule has 0 radical (unpaired) electrons. The number of hydrogen-bond acceptors (Lipinski definition) is 5. The average Bonchev–Trinajstić information content (AvgIpc) is 3.41. The van der Waals surface area contributed by atoms with Crippen molar-refractivity contribution in [1.29, 1.82) is 0 Å². The highest BCUT2D eigenvalue weighted by molar-refractivity contribution is 5.92. The Morgan fingerprint density at radius 3 is 2.65 bits per heavy atom. The molecule has 6 heteroatoms. The van der Waals surface area contributed by atoms with Crippen molar-refractivity contribution < 1.29 is 23.4 Å². The molecule has 23 heavy (non-hydrogen) atoms. The molecule has 0 aliphatic heterocycles. The third-order valence-corrected chi connectivity index (χ3v) is 3.66. The van der Waals surface area contributed by atoms with Crippen molar-refractivity contribution >= 4 is 5.97 Å². The molecule has 1 heterocycles. The van der Waals surface area contributed by atoms with Crippen molar-refractivity contribution in [2.24, 2.45) is 0 Å². The molecule has 2 aromatic rings. The summed E-state index contributed by atoms with van der Waals surface area (Å²) in [5.41, 5.74) is 1.23. The number of pyridine rings is 1. The third-order valence-electron chi connectivity index (χ3n) is 3.66. The highest BCUT2D eigenvalue weighted by Gasteiger charge is 2.27. The third kappa shape index (κ3) is 3.26. The second kappa shape index (κ2) is 6.24. The SMILES string of the molecule is COC(=O)c1cc(C2CC2)cnc1Oc1ccc(F)cc1OC. The second-order valence-electron chi connectivity index (χ2n) is 5.28. The molecule has 0 atom stereocenters. The zero-order valence-electron chi connectivity index (χ0n) is 12.8. The lowest BCUT2D eigenvalue weighted by atomic mass is 10.1. The van der Waals surface area contributed by atoms with Gasteiger partial charge in [-0.2, -0.15) is 0 Å². The summed E-state index contributed by atoms with van der Waals surface area (Å²) in [6, 6.07) is 5.60. The first-order valence-electron chi connectivity index (χ1n) is 7.22. The molecule has 0 bridgehead atoms. The van der Waals surface area contributed by atoms with Gasteiger partial charge in [0.2, 0.25) is 5.88 Å². The van der Waals surface area contributed by atoms with Gasteiger partial charge in [0.05, 0.1) is 14.2 Å². The number of ether oxygens (including phenoxy) is 3. The van der Waals surface area contributed by atoms with E-state index in [9.17, 15) is 9.18 Å². The average molecular weight is 317 g/mol. The standard InChI is InChI=1S/C17H16FNO4/c1-21-15-8-12(18)5-6-14(15)23-16-13(17(20)22-2)7-11(9-19-16)10-3-4-10/h5-10H,3-4H2,1-2H3. The highest BCUT2D eigenvalue weighted by Crippen LogP contribution is 2.41. The maximum atomic E-state index is 13.3. The van der Waals surface area contributed by atoms with Gasteiger partial charge in [0, 0.05) is 12.3 Å². The number of carbonyl (C=O) groups is 1. The minimum atomic E-state index is -0.531. The summed E-state index contributed by atoms with van der Waals surface area (Å²) in [4.78, 5) is 16.2. The Labute approximate surface area is 133 Å². The molecule has 1 fully saturated rings. The number of rotatable bonds is 5. The Bertz CT molecular complexity index is 743. The normalized spacial score (nSPS) is 13.5. The van der Waals surface area contributed by atoms with Gasteiger partial charge in [-0.15, -0.1) is 0 Å². The van der Waals surface area contributed by atoms with Crippen LogP contribution in [0.15, 0.2) is 30.5 Å². The lowest BCUT2D eigenvalue weighted by Crippen LogP contribution is -2.06. The summed E-state index contributed by atoms with van der Waals surface area (Å²) < 4.78 is 28.8. The minimum absolute atomic E-state index is 0.103. The van der Waals surface area contributed by atoms with E-state index in [2.05, 4.69) is 4.98 Å². The Morgan fingerprint density at radius 1 is 1.22 bits per heavy atom. The lowest BCUT2D eigenvalue weighted by molar-refractivity contribution is 0.0597. The zero-order chi connectivity index (χ0) is 16.4. The molecular weight excluding hydrogens is 301 g/mol. The molecule has 5 nitrogen and oxygen atoms in total. The molecule has 1 saturated carbocycles. The van der Waals surface area contributed by atoms with Gasteiger partial charge in [0.15, 0.2) is 11.5 Å². The van der Waals surface area contributed by atoms with Crippen LogP contribution in [0.4, 0.5) is 4.39 Å². The lowest BCUT2D eigenvalue weighted by Gasteiger charge is -2.12. The van der Waals surface area contributed by atoms with Crippen molar-refractivity contribution in [2.75, 3.05) is 14.2 Å².